The molecule has 6 aliphatic rings. The van der Waals surface area contributed by atoms with Gasteiger partial charge in [0.05, 0.1) is 46.3 Å². The Morgan fingerprint density at radius 1 is 0.926 bits per heavy atom. The fraction of sp³-hybridized carbons (Fsp3) is 0.551. The van der Waals surface area contributed by atoms with E-state index >= 15 is 13.2 Å². The van der Waals surface area contributed by atoms with Crippen LogP contribution in [0.5, 0.6) is 5.75 Å². The first kappa shape index (κ1) is 44.9. The van der Waals surface area contributed by atoms with Crippen LogP contribution in [0.4, 0.5) is 42.0 Å². The molecule has 15 nitrogen and oxygen atoms in total. The van der Waals surface area contributed by atoms with E-state index in [9.17, 15) is 14.4 Å². The van der Waals surface area contributed by atoms with Gasteiger partial charge in [0.2, 0.25) is 23.5 Å². The smallest absolute Gasteiger partial charge is 0.301 e. The summed E-state index contributed by atoms with van der Waals surface area (Å²) in [5.41, 5.74) is 3.10. The van der Waals surface area contributed by atoms with E-state index in [-0.39, 0.29) is 46.8 Å². The number of benzene rings is 2. The number of fused-ring (bicyclic) bond motifs is 4. The quantitative estimate of drug-likeness (QED) is 0.134. The summed E-state index contributed by atoms with van der Waals surface area (Å²) in [6, 6.07) is 7.65. The van der Waals surface area contributed by atoms with Crippen LogP contribution < -0.4 is 36.0 Å². The lowest BCUT2D eigenvalue weighted by Gasteiger charge is -2.48. The molecule has 19 heteroatoms. The molecule has 68 heavy (non-hydrogen) atoms. The number of carbonyl (C=O) groups excluding carboxylic acids is 2. The number of alkyl halides is 2. The Morgan fingerprint density at radius 2 is 1.69 bits per heavy atom. The molecule has 360 valence electrons. The molecule has 1 spiro atoms. The molecule has 3 aromatic heterocycles. The van der Waals surface area contributed by atoms with Crippen molar-refractivity contribution in [1.82, 2.24) is 34.5 Å². The zero-order valence-corrected chi connectivity index (χ0v) is 39.4. The molecular formula is C49H57ClF3N11O4. The lowest BCUT2D eigenvalue weighted by Crippen LogP contribution is -2.49. The average Bonchev–Trinajstić information content (AvgIpc) is 4.13. The number of nitrogens with one attached hydrogen (secondary N) is 3. The SMILES string of the molecule is C[C@H]1CN(c2cc3c(cc2F)c(C2CCC(=O)NC2=O)nn3C)CC[C@@H]1CN1CCC2(CC1)CCN(c1ncc(Cl)c(Nc3ccc4c(c3)c3c(c(=O)n4C)OCC(F)(F)[C@H](C4CC4)N3)n1)CC2. The zero-order chi connectivity index (χ0) is 47.2. The average molecular weight is 957 g/mol. The lowest BCUT2D eigenvalue weighted by atomic mass is 9.71. The number of carbonyl (C=O) groups is 2. The van der Waals surface area contributed by atoms with E-state index in [0.29, 0.717) is 81.2 Å². The normalized spacial score (nSPS) is 25.2. The summed E-state index contributed by atoms with van der Waals surface area (Å²) in [5, 5.41) is 14.9. The number of rotatable bonds is 8. The highest BCUT2D eigenvalue weighted by atomic mass is 35.5. The van der Waals surface area contributed by atoms with Crippen LogP contribution in [-0.2, 0) is 23.7 Å². The van der Waals surface area contributed by atoms with Crippen molar-refractivity contribution in [2.24, 2.45) is 37.3 Å². The van der Waals surface area contributed by atoms with Gasteiger partial charge in [0.1, 0.15) is 10.8 Å². The van der Waals surface area contributed by atoms with Gasteiger partial charge in [-0.1, -0.05) is 18.5 Å². The molecule has 1 aliphatic carbocycles. The number of ether oxygens (including phenoxy) is 1. The molecule has 3 N–H and O–H groups in total. The van der Waals surface area contributed by atoms with Crippen molar-refractivity contribution in [2.75, 3.05) is 72.9 Å². The second-order valence-corrected chi connectivity index (χ2v) is 20.8. The number of imide groups is 1. The second-order valence-electron chi connectivity index (χ2n) is 20.4. The number of hydrogen-bond acceptors (Lipinski definition) is 12. The first-order chi connectivity index (χ1) is 32.6. The van der Waals surface area contributed by atoms with Crippen molar-refractivity contribution in [3.05, 3.63) is 63.4 Å². The summed E-state index contributed by atoms with van der Waals surface area (Å²) in [4.78, 5) is 54.2. The second kappa shape index (κ2) is 17.1. The van der Waals surface area contributed by atoms with Gasteiger partial charge < -0.3 is 34.6 Å². The number of aryl methyl sites for hydroxylation is 2. The maximum absolute atomic E-state index is 15.9. The number of halogens is 4. The fourth-order valence-corrected chi connectivity index (χ4v) is 11.8. The van der Waals surface area contributed by atoms with Gasteiger partial charge in [-0.3, -0.25) is 24.4 Å². The molecule has 1 unspecified atom stereocenters. The van der Waals surface area contributed by atoms with Gasteiger partial charge in [0.25, 0.3) is 5.56 Å². The summed E-state index contributed by atoms with van der Waals surface area (Å²) < 4.78 is 55.0. The number of likely N-dealkylation sites (tertiary alicyclic amines) is 1. The maximum atomic E-state index is 15.9. The monoisotopic (exact) mass is 955 g/mol. The molecule has 8 heterocycles. The summed E-state index contributed by atoms with van der Waals surface area (Å²) in [6.45, 7) is 7.71. The van der Waals surface area contributed by atoms with E-state index in [1.807, 2.05) is 25.2 Å². The zero-order valence-electron chi connectivity index (χ0n) is 38.6. The Bertz CT molecular complexity index is 2890. The molecule has 2 aromatic carbocycles. The standard InChI is InChI=1S/C49H57ClF3N11O4/c1-27-24-64(38-22-37-33(21-35(38)51)40(59-61(37)3)31-7-9-39(65)56-45(31)66)15-10-29(27)25-62-16-11-48(12-17-62)13-18-63(19-14-48)47-54-23-34(50)44(58-47)55-30-6-8-36-32(20-30)41-42(46(67)60(36)2)68-26-49(52,53)43(57-41)28-4-5-28/h6,8,20-23,27-29,31,43,57H,4-5,7,9-19,24-26H2,1-3H3,(H,54,55,58)(H,56,65,66)/t27-,29+,31?,43-/m0/s1. The topological polar surface area (TPSA) is 155 Å². The third kappa shape index (κ3) is 8.17. The van der Waals surface area contributed by atoms with Crippen LogP contribution in [0.15, 0.2) is 41.3 Å². The predicted octanol–water partition coefficient (Wildman–Crippen LogP) is 7.33. The number of hydrogen-bond donors (Lipinski definition) is 3. The predicted molar refractivity (Wildman–Crippen MR) is 255 cm³/mol. The van der Waals surface area contributed by atoms with Crippen LogP contribution in [0, 0.1) is 29.0 Å². The minimum absolute atomic E-state index is 0.107. The van der Waals surface area contributed by atoms with E-state index in [1.165, 1.54) is 10.6 Å². The van der Waals surface area contributed by atoms with Gasteiger partial charge >= 0.3 is 5.92 Å². The van der Waals surface area contributed by atoms with Crippen molar-refractivity contribution in [3.63, 3.8) is 0 Å². The number of piperidine rings is 4. The summed E-state index contributed by atoms with van der Waals surface area (Å²) in [5.74, 6) is -3.12. The van der Waals surface area contributed by atoms with Crippen LogP contribution in [-0.4, -0.2) is 105 Å². The molecule has 1 saturated carbocycles. The molecule has 0 bridgehead atoms. The summed E-state index contributed by atoms with van der Waals surface area (Å²) >= 11 is 6.67. The lowest BCUT2D eigenvalue weighted by molar-refractivity contribution is -0.134. The largest absolute Gasteiger partial charge is 0.480 e. The van der Waals surface area contributed by atoms with Crippen molar-refractivity contribution in [1.29, 1.82) is 0 Å². The molecule has 5 aromatic rings. The Kier molecular flexibility index (Phi) is 11.3. The van der Waals surface area contributed by atoms with Crippen LogP contribution in [0.1, 0.15) is 76.3 Å². The first-order valence-electron chi connectivity index (χ1n) is 24.1. The molecule has 0 radical (unpaired) electrons. The Morgan fingerprint density at radius 3 is 2.43 bits per heavy atom. The number of anilines is 5. The maximum Gasteiger partial charge on any atom is 0.301 e. The Hall–Kier alpha value is -5.62. The molecule has 5 fully saturated rings. The van der Waals surface area contributed by atoms with Gasteiger partial charge in [-0.25, -0.2) is 18.2 Å². The highest BCUT2D eigenvalue weighted by Gasteiger charge is 2.51. The molecular weight excluding hydrogens is 899 g/mol. The molecule has 5 aliphatic heterocycles. The van der Waals surface area contributed by atoms with Crippen molar-refractivity contribution in [2.45, 2.75) is 82.6 Å². The highest BCUT2D eigenvalue weighted by Crippen LogP contribution is 2.47. The van der Waals surface area contributed by atoms with Crippen molar-refractivity contribution < 1.29 is 27.5 Å². The van der Waals surface area contributed by atoms with Crippen LogP contribution in [0.3, 0.4) is 0 Å². The van der Waals surface area contributed by atoms with E-state index in [4.69, 9.17) is 21.3 Å². The Balaban J connectivity index is 0.699. The fourth-order valence-electron chi connectivity index (χ4n) is 11.7. The van der Waals surface area contributed by atoms with Crippen molar-refractivity contribution in [3.8, 4) is 5.75 Å². The number of amides is 2. The summed E-state index contributed by atoms with van der Waals surface area (Å²) in [7, 11) is 3.42. The number of pyridine rings is 1. The van der Waals surface area contributed by atoms with Gasteiger partial charge in [0, 0.05) is 69.7 Å². The van der Waals surface area contributed by atoms with Gasteiger partial charge in [0.15, 0.2) is 12.4 Å². The van der Waals surface area contributed by atoms with Crippen LogP contribution in [0.2, 0.25) is 5.02 Å². The minimum atomic E-state index is -3.13. The van der Waals surface area contributed by atoms with E-state index in [1.54, 1.807) is 24.0 Å². The third-order valence-corrected chi connectivity index (χ3v) is 16.3. The summed E-state index contributed by atoms with van der Waals surface area (Å²) in [6.07, 6.45) is 8.91. The first-order valence-corrected chi connectivity index (χ1v) is 24.5. The van der Waals surface area contributed by atoms with Crippen molar-refractivity contribution >= 4 is 74.0 Å². The molecule has 11 rings (SSSR count). The molecule has 4 saturated heterocycles. The van der Waals surface area contributed by atoms with E-state index in [0.717, 1.165) is 83.4 Å². The number of nitrogens with zero attached hydrogens (tertiary/aromatic N) is 8. The highest BCUT2D eigenvalue weighted by molar-refractivity contribution is 6.33. The van der Waals surface area contributed by atoms with Crippen LogP contribution in [0.25, 0.3) is 21.8 Å². The Labute approximate surface area is 396 Å². The van der Waals surface area contributed by atoms with Gasteiger partial charge in [-0.2, -0.15) is 10.1 Å². The molecule has 4 atom stereocenters. The third-order valence-electron chi connectivity index (χ3n) is 16.1. The van der Waals surface area contributed by atoms with Crippen LogP contribution >= 0.6 is 11.6 Å². The minimum Gasteiger partial charge on any atom is -0.480 e. The van der Waals surface area contributed by atoms with Gasteiger partial charge in [-0.15, -0.1) is 0 Å². The van der Waals surface area contributed by atoms with E-state index < -0.39 is 30.0 Å². The van der Waals surface area contributed by atoms with Gasteiger partial charge in [-0.05, 0) is 118 Å². The number of aromatic nitrogens is 5. The molecule has 2 amide bonds. The van der Waals surface area contributed by atoms with E-state index in [2.05, 4.69) is 47.7 Å².